The van der Waals surface area contributed by atoms with E-state index in [4.69, 9.17) is 9.47 Å². The Morgan fingerprint density at radius 2 is 0.727 bits per heavy atom. The number of carbonyl (C=O) groups excluding carboxylic acids is 2. The van der Waals surface area contributed by atoms with Crippen LogP contribution in [0.1, 0.15) is 259 Å². The van der Waals surface area contributed by atoms with Gasteiger partial charge in [-0.3, -0.25) is 9.59 Å². The highest BCUT2D eigenvalue weighted by atomic mass is 16.5. The summed E-state index contributed by atoms with van der Waals surface area (Å²) in [6.07, 6.45) is 44.5. The average Bonchev–Trinajstić information content (AvgIpc) is 3.18. The number of rotatable bonds is 41. The largest absolute Gasteiger partial charge is 0.466 e. The van der Waals surface area contributed by atoms with E-state index in [9.17, 15) is 9.59 Å². The van der Waals surface area contributed by atoms with E-state index in [1.54, 1.807) is 0 Å². The van der Waals surface area contributed by atoms with Crippen LogP contribution >= 0.6 is 0 Å². The van der Waals surface area contributed by atoms with Gasteiger partial charge in [0.2, 0.25) is 0 Å². The van der Waals surface area contributed by atoms with Crippen LogP contribution in [-0.2, 0) is 19.1 Å². The van der Waals surface area contributed by atoms with Crippen LogP contribution in [0.5, 0.6) is 0 Å². The van der Waals surface area contributed by atoms with E-state index < -0.39 is 0 Å². The van der Waals surface area contributed by atoms with Crippen LogP contribution in [-0.4, -0.2) is 49.7 Å². The maximum absolute atomic E-state index is 12.6. The molecule has 55 heavy (non-hydrogen) atoms. The summed E-state index contributed by atoms with van der Waals surface area (Å²) in [5, 5.41) is 0. The zero-order valence-corrected chi connectivity index (χ0v) is 37.8. The highest BCUT2D eigenvalue weighted by Crippen LogP contribution is 2.25. The SMILES string of the molecule is CCCCCC(CCCCC)CC(=O)OCCCCCCCCCC(CCCCCCCOC(=O)CC(CCCCC)CCCCC)CCN1CCCCC1. The quantitative estimate of drug-likeness (QED) is 0.0457. The van der Waals surface area contributed by atoms with Crippen LogP contribution in [0.2, 0.25) is 0 Å². The van der Waals surface area contributed by atoms with Crippen molar-refractivity contribution in [3.63, 3.8) is 0 Å². The topological polar surface area (TPSA) is 55.8 Å². The van der Waals surface area contributed by atoms with Gasteiger partial charge in [-0.05, 0) is 95.2 Å². The molecule has 1 aliphatic heterocycles. The zero-order valence-electron chi connectivity index (χ0n) is 37.8. The molecule has 1 saturated heterocycles. The second-order valence-electron chi connectivity index (χ2n) is 17.9. The molecule has 0 N–H and O–H groups in total. The molecule has 0 saturated carbocycles. The van der Waals surface area contributed by atoms with Gasteiger partial charge in [-0.25, -0.2) is 0 Å². The van der Waals surface area contributed by atoms with Gasteiger partial charge in [0, 0.05) is 12.8 Å². The molecule has 1 rings (SSSR count). The molecule has 0 aromatic heterocycles. The lowest BCUT2D eigenvalue weighted by atomic mass is 9.91. The monoisotopic (exact) mass is 776 g/mol. The summed E-state index contributed by atoms with van der Waals surface area (Å²) in [7, 11) is 0. The Balaban J connectivity index is 2.20. The number of nitrogens with zero attached hydrogens (tertiary/aromatic N) is 1. The Hall–Kier alpha value is -1.10. The lowest BCUT2D eigenvalue weighted by molar-refractivity contribution is -0.146. The van der Waals surface area contributed by atoms with Crippen molar-refractivity contribution in [2.45, 2.75) is 259 Å². The van der Waals surface area contributed by atoms with Crippen molar-refractivity contribution in [1.29, 1.82) is 0 Å². The fourth-order valence-corrected chi connectivity index (χ4v) is 8.86. The van der Waals surface area contributed by atoms with Gasteiger partial charge in [-0.1, -0.05) is 188 Å². The number of carbonyl (C=O) groups is 2. The number of unbranched alkanes of at least 4 members (excludes halogenated alkanes) is 18. The van der Waals surface area contributed by atoms with E-state index in [-0.39, 0.29) is 11.9 Å². The molecule has 1 heterocycles. The normalized spacial score (nSPS) is 14.2. The Bertz CT molecular complexity index is 807. The van der Waals surface area contributed by atoms with Gasteiger partial charge in [0.25, 0.3) is 0 Å². The van der Waals surface area contributed by atoms with Crippen LogP contribution in [0.3, 0.4) is 0 Å². The molecule has 5 heteroatoms. The van der Waals surface area contributed by atoms with Crippen LogP contribution in [0.15, 0.2) is 0 Å². The highest BCUT2D eigenvalue weighted by Gasteiger charge is 2.17. The van der Waals surface area contributed by atoms with Crippen molar-refractivity contribution >= 4 is 11.9 Å². The van der Waals surface area contributed by atoms with Crippen molar-refractivity contribution in [3.05, 3.63) is 0 Å². The van der Waals surface area contributed by atoms with E-state index in [1.165, 1.54) is 225 Å². The zero-order chi connectivity index (χ0) is 39.9. The predicted octanol–water partition coefficient (Wildman–Crippen LogP) is 15.4. The number of piperidine rings is 1. The molecule has 0 radical (unpaired) electrons. The van der Waals surface area contributed by atoms with Gasteiger partial charge in [0.1, 0.15) is 0 Å². The molecule has 0 aromatic carbocycles. The summed E-state index contributed by atoms with van der Waals surface area (Å²) in [5.41, 5.74) is 0. The minimum absolute atomic E-state index is 0.0419. The van der Waals surface area contributed by atoms with Gasteiger partial charge < -0.3 is 14.4 Å². The highest BCUT2D eigenvalue weighted by molar-refractivity contribution is 5.70. The van der Waals surface area contributed by atoms with Crippen molar-refractivity contribution in [3.8, 4) is 0 Å². The lowest BCUT2D eigenvalue weighted by Gasteiger charge is -2.28. The minimum atomic E-state index is 0.0419. The lowest BCUT2D eigenvalue weighted by Crippen LogP contribution is -2.31. The summed E-state index contributed by atoms with van der Waals surface area (Å²) < 4.78 is 11.4. The first-order valence-electron chi connectivity index (χ1n) is 25.1. The Kier molecular flexibility index (Phi) is 37.5. The number of hydrogen-bond donors (Lipinski definition) is 0. The number of hydrogen-bond acceptors (Lipinski definition) is 5. The minimum Gasteiger partial charge on any atom is -0.466 e. The molecule has 0 amide bonds. The van der Waals surface area contributed by atoms with Crippen LogP contribution in [0.25, 0.3) is 0 Å². The molecule has 0 bridgehead atoms. The molecule has 0 spiro atoms. The van der Waals surface area contributed by atoms with Crippen molar-refractivity contribution in [2.75, 3.05) is 32.8 Å². The third kappa shape index (κ3) is 33.6. The van der Waals surface area contributed by atoms with E-state index in [1.807, 2.05) is 0 Å². The van der Waals surface area contributed by atoms with E-state index >= 15 is 0 Å². The van der Waals surface area contributed by atoms with Crippen LogP contribution < -0.4 is 0 Å². The summed E-state index contributed by atoms with van der Waals surface area (Å²) >= 11 is 0. The smallest absolute Gasteiger partial charge is 0.306 e. The Morgan fingerprint density at radius 1 is 0.400 bits per heavy atom. The number of ether oxygens (including phenoxy) is 2. The first-order valence-corrected chi connectivity index (χ1v) is 25.1. The third-order valence-corrected chi connectivity index (χ3v) is 12.6. The molecule has 0 aromatic rings. The molecular formula is C50H97NO4. The fourth-order valence-electron chi connectivity index (χ4n) is 8.86. The summed E-state index contributed by atoms with van der Waals surface area (Å²) in [6.45, 7) is 14.2. The fraction of sp³-hybridized carbons (Fsp3) is 0.960. The first-order chi connectivity index (χ1) is 27.0. The second kappa shape index (κ2) is 39.7. The maximum Gasteiger partial charge on any atom is 0.306 e. The first kappa shape index (κ1) is 51.9. The van der Waals surface area contributed by atoms with E-state index in [0.29, 0.717) is 37.9 Å². The van der Waals surface area contributed by atoms with Crippen molar-refractivity contribution < 1.29 is 19.1 Å². The molecule has 326 valence electrons. The van der Waals surface area contributed by atoms with Crippen molar-refractivity contribution in [1.82, 2.24) is 4.90 Å². The van der Waals surface area contributed by atoms with Gasteiger partial charge in [-0.2, -0.15) is 0 Å². The van der Waals surface area contributed by atoms with Gasteiger partial charge in [0.15, 0.2) is 0 Å². The van der Waals surface area contributed by atoms with Gasteiger partial charge in [-0.15, -0.1) is 0 Å². The van der Waals surface area contributed by atoms with Crippen LogP contribution in [0, 0.1) is 17.8 Å². The molecule has 1 aliphatic rings. The molecule has 1 fully saturated rings. The average molecular weight is 776 g/mol. The number of likely N-dealkylation sites (tertiary alicyclic amines) is 1. The summed E-state index contributed by atoms with van der Waals surface area (Å²) in [6, 6.07) is 0. The molecule has 5 nitrogen and oxygen atoms in total. The molecule has 1 atom stereocenters. The maximum atomic E-state index is 12.6. The summed E-state index contributed by atoms with van der Waals surface area (Å²) in [4.78, 5) is 27.8. The Morgan fingerprint density at radius 3 is 1.11 bits per heavy atom. The van der Waals surface area contributed by atoms with E-state index in [0.717, 1.165) is 18.8 Å². The number of esters is 2. The van der Waals surface area contributed by atoms with Gasteiger partial charge in [0.05, 0.1) is 13.2 Å². The second-order valence-corrected chi connectivity index (χ2v) is 17.9. The van der Waals surface area contributed by atoms with Crippen molar-refractivity contribution in [2.24, 2.45) is 17.8 Å². The summed E-state index contributed by atoms with van der Waals surface area (Å²) in [5.74, 6) is 2.00. The standard InChI is InChI=1S/C50H97NO4/c1-5-9-22-34-47(35-23-10-6-2)44-49(52)54-42-30-19-15-13-14-17-26-32-46(38-41-51-39-28-21-29-40-51)33-27-18-16-20-31-43-55-50(53)45-48(36-24-11-7-3)37-25-12-8-4/h46-48H,5-45H2,1-4H3. The van der Waals surface area contributed by atoms with Gasteiger partial charge >= 0.3 is 11.9 Å². The van der Waals surface area contributed by atoms with E-state index in [2.05, 4.69) is 32.6 Å². The molecule has 1 unspecified atom stereocenters. The Labute approximate surface area is 344 Å². The third-order valence-electron chi connectivity index (χ3n) is 12.6. The molecular weight excluding hydrogens is 679 g/mol. The molecule has 0 aliphatic carbocycles. The predicted molar refractivity (Wildman–Crippen MR) is 238 cm³/mol. The van der Waals surface area contributed by atoms with Crippen LogP contribution in [0.4, 0.5) is 0 Å².